The molecule has 0 aliphatic carbocycles. The molecule has 0 amide bonds. The summed E-state index contributed by atoms with van der Waals surface area (Å²) in [5, 5.41) is 5.32. The Morgan fingerprint density at radius 3 is 2.16 bits per heavy atom. The third-order valence-corrected chi connectivity index (χ3v) is 12.0. The molecule has 57 heavy (non-hydrogen) atoms. The van der Waals surface area contributed by atoms with E-state index in [1.165, 1.54) is 6.07 Å². The van der Waals surface area contributed by atoms with Crippen LogP contribution in [0.5, 0.6) is 0 Å². The smallest absolute Gasteiger partial charge is 0.158 e. The summed E-state index contributed by atoms with van der Waals surface area (Å²) in [5.41, 5.74) is 9.18. The molecule has 4 aromatic heterocycles. The summed E-state index contributed by atoms with van der Waals surface area (Å²) in [4.78, 5) is 9.61. The van der Waals surface area contributed by atoms with Crippen LogP contribution in [0.1, 0.15) is 31.8 Å². The van der Waals surface area contributed by atoms with Gasteiger partial charge in [-0.3, -0.25) is 4.98 Å². The predicted octanol–water partition coefficient (Wildman–Crippen LogP) is 12.9. The number of furan rings is 2. The third-order valence-electron chi connectivity index (χ3n) is 9.99. The Morgan fingerprint density at radius 1 is 0.772 bits per heavy atom. The summed E-state index contributed by atoms with van der Waals surface area (Å²) in [6.45, 7) is 8.14. The van der Waals surface area contributed by atoms with Gasteiger partial charge in [0.2, 0.25) is 0 Å². The summed E-state index contributed by atoms with van der Waals surface area (Å²) in [5.74, 6) is 0.596. The van der Waals surface area contributed by atoms with Crippen molar-refractivity contribution in [1.29, 1.82) is 0 Å². The molecule has 4 heterocycles. The zero-order valence-electron chi connectivity index (χ0n) is 37.3. The number of imidazole rings is 1. The Kier molecular flexibility index (Phi) is 8.77. The van der Waals surface area contributed by atoms with E-state index in [0.29, 0.717) is 16.8 Å². The van der Waals surface area contributed by atoms with E-state index in [0.717, 1.165) is 77.2 Å². The molecule has 0 saturated carbocycles. The number of nitrogens with zero attached hydrogens (tertiary/aromatic N) is 3. The molecule has 6 aromatic carbocycles. The molecular formula is C50H43IrN3O2Si-2. The number of benzene rings is 6. The zero-order chi connectivity index (χ0) is 42.8. The van der Waals surface area contributed by atoms with Crippen LogP contribution in [0, 0.1) is 24.9 Å². The number of fused-ring (bicyclic) bond motifs is 7. The number of pyridine rings is 1. The van der Waals surface area contributed by atoms with Crippen LogP contribution < -0.4 is 5.19 Å². The molecule has 10 rings (SSSR count). The van der Waals surface area contributed by atoms with Gasteiger partial charge < -0.3 is 18.4 Å². The van der Waals surface area contributed by atoms with Gasteiger partial charge in [-0.05, 0) is 53.5 Å². The van der Waals surface area contributed by atoms with Crippen molar-refractivity contribution in [2.75, 3.05) is 0 Å². The first-order chi connectivity index (χ1) is 29.1. The van der Waals surface area contributed by atoms with E-state index in [1.807, 2.05) is 80.6 Å². The summed E-state index contributed by atoms with van der Waals surface area (Å²) in [7, 11) is -1.78. The van der Waals surface area contributed by atoms with Crippen molar-refractivity contribution in [2.45, 2.75) is 46.7 Å². The molecule has 10 aromatic rings. The van der Waals surface area contributed by atoms with Gasteiger partial charge in [0.15, 0.2) is 5.58 Å². The minimum absolute atomic E-state index is 0. The molecule has 0 aliphatic heterocycles. The van der Waals surface area contributed by atoms with Crippen molar-refractivity contribution >= 4 is 68.2 Å². The minimum atomic E-state index is -2.16. The van der Waals surface area contributed by atoms with Crippen LogP contribution in [0.2, 0.25) is 19.6 Å². The Balaban J connectivity index is 0.000000177. The van der Waals surface area contributed by atoms with Crippen molar-refractivity contribution in [3.8, 4) is 28.3 Å². The van der Waals surface area contributed by atoms with Gasteiger partial charge in [0.05, 0.1) is 36.2 Å². The molecule has 0 N–H and O–H groups in total. The largest absolute Gasteiger partial charge is 0.501 e. The summed E-state index contributed by atoms with van der Waals surface area (Å²) in [6, 6.07) is 47.6. The van der Waals surface area contributed by atoms with Crippen molar-refractivity contribution in [2.24, 2.45) is 5.92 Å². The Morgan fingerprint density at radius 2 is 1.46 bits per heavy atom. The number of hydrogen-bond donors (Lipinski definition) is 0. The molecule has 0 bridgehead atoms. The van der Waals surface area contributed by atoms with Gasteiger partial charge in [0, 0.05) is 49.3 Å². The Hall–Kier alpha value is -5.59. The van der Waals surface area contributed by atoms with Crippen molar-refractivity contribution in [1.82, 2.24) is 14.5 Å². The molecule has 0 fully saturated rings. The van der Waals surface area contributed by atoms with Gasteiger partial charge in [0.25, 0.3) is 0 Å². The molecule has 1 radical (unpaired) electrons. The minimum Gasteiger partial charge on any atom is -0.501 e. The van der Waals surface area contributed by atoms with Crippen molar-refractivity contribution in [3.05, 3.63) is 157 Å². The predicted molar refractivity (Wildman–Crippen MR) is 235 cm³/mol. The van der Waals surface area contributed by atoms with E-state index < -0.39 is 21.3 Å². The monoisotopic (exact) mass is 943 g/mol. The zero-order valence-corrected chi connectivity index (χ0v) is 35.7. The van der Waals surface area contributed by atoms with Crippen LogP contribution in [0.25, 0.3) is 83.2 Å². The van der Waals surface area contributed by atoms with Crippen LogP contribution in [0.15, 0.2) is 142 Å². The average Bonchev–Trinajstić information content (AvgIpc) is 3.95. The molecule has 7 heteroatoms. The SMILES string of the molecule is [2H]C([2H])([2H])c1c[c-]c(-c2cc(C([2H])([2H])C(C)C)c([Si](C)(C)C)cn2)cc1.[Ir].[c-]1ccc2c(oc3ccccc32)c1-c1nc2ccccc2n1-c1cccc2c1oc1ccccc12. The second-order valence-electron chi connectivity index (χ2n) is 15.4. The summed E-state index contributed by atoms with van der Waals surface area (Å²) >= 11 is 0. The van der Waals surface area contributed by atoms with Crippen LogP contribution in [-0.2, 0) is 26.5 Å². The Labute approximate surface area is 354 Å². The maximum Gasteiger partial charge on any atom is 0.158 e. The quantitative estimate of drug-likeness (QED) is 0.123. The second-order valence-corrected chi connectivity index (χ2v) is 20.4. The molecular weight excluding hydrogens is 895 g/mol. The number of hydrogen-bond acceptors (Lipinski definition) is 4. The second kappa shape index (κ2) is 15.4. The van der Waals surface area contributed by atoms with Crippen molar-refractivity contribution < 1.29 is 35.8 Å². The molecule has 0 saturated heterocycles. The van der Waals surface area contributed by atoms with Gasteiger partial charge in [-0.1, -0.05) is 124 Å². The maximum atomic E-state index is 8.59. The van der Waals surface area contributed by atoms with Gasteiger partial charge in [-0.25, -0.2) is 0 Å². The topological polar surface area (TPSA) is 57.0 Å². The van der Waals surface area contributed by atoms with Crippen LogP contribution >= 0.6 is 0 Å². The number of aromatic nitrogens is 3. The molecule has 0 aliphatic rings. The number of rotatable bonds is 6. The average molecular weight is 943 g/mol. The van der Waals surface area contributed by atoms with Gasteiger partial charge in [0.1, 0.15) is 11.2 Å². The number of aryl methyl sites for hydroxylation is 1. The van der Waals surface area contributed by atoms with Crippen LogP contribution in [0.4, 0.5) is 0 Å². The normalized spacial score (nSPS) is 13.5. The molecule has 5 nitrogen and oxygen atoms in total. The van der Waals surface area contributed by atoms with Gasteiger partial charge in [-0.2, -0.15) is 0 Å². The van der Waals surface area contributed by atoms with E-state index >= 15 is 0 Å². The van der Waals surface area contributed by atoms with E-state index in [2.05, 4.69) is 83.8 Å². The summed E-state index contributed by atoms with van der Waals surface area (Å²) in [6.07, 6.45) is 0.328. The first-order valence-corrected chi connectivity index (χ1v) is 22.4. The van der Waals surface area contributed by atoms with Gasteiger partial charge in [-0.15, -0.1) is 53.6 Å². The molecule has 285 valence electrons. The first kappa shape index (κ1) is 32.5. The maximum absolute atomic E-state index is 8.59. The Bertz CT molecular complexity index is 3250. The van der Waals surface area contributed by atoms with Crippen LogP contribution in [-0.4, -0.2) is 22.6 Å². The van der Waals surface area contributed by atoms with Gasteiger partial charge >= 0.3 is 0 Å². The van der Waals surface area contributed by atoms with E-state index in [1.54, 1.807) is 18.3 Å². The molecule has 0 unspecified atom stereocenters. The fourth-order valence-electron chi connectivity index (χ4n) is 7.42. The summed E-state index contributed by atoms with van der Waals surface area (Å²) < 4.78 is 54.5. The molecule has 0 spiro atoms. The van der Waals surface area contributed by atoms with Crippen LogP contribution in [0.3, 0.4) is 0 Å². The molecule has 0 atom stereocenters. The number of para-hydroxylation sites is 5. The van der Waals surface area contributed by atoms with E-state index in [9.17, 15) is 0 Å². The van der Waals surface area contributed by atoms with E-state index in [4.69, 9.17) is 20.7 Å². The van der Waals surface area contributed by atoms with Crippen molar-refractivity contribution in [3.63, 3.8) is 0 Å². The third kappa shape index (κ3) is 7.16. The fraction of sp³-hybridized carbons (Fsp3) is 0.160. The fourth-order valence-corrected chi connectivity index (χ4v) is 8.82. The standard InChI is InChI=1S/C31H17N2O2.C19H26NSi.Ir/c1-5-17-27-19(9-1)21-11-7-13-23(29(21)34-27)31-32-24-14-3-4-15-25(24)33(31)26-16-8-12-22-20-10-2-6-18-28(20)35-30(22)26;1-14(2)11-17-12-18(16-9-7-15(3)8-10-16)20-13-19(17)21(4,5)6;/h1-12,14-18H;7-9,12-14H,11H2,1-6H3;/q2*-1;/i;3D3,11D2;. The first-order valence-electron chi connectivity index (χ1n) is 21.4. The van der Waals surface area contributed by atoms with E-state index in [-0.39, 0.29) is 31.6 Å².